The number of aromatic nitrogens is 2. The van der Waals surface area contributed by atoms with E-state index in [1.807, 2.05) is 0 Å². The van der Waals surface area contributed by atoms with Gasteiger partial charge in [-0.1, -0.05) is 31.4 Å². The molecule has 0 spiro atoms. The molecule has 2 aromatic rings. The van der Waals surface area contributed by atoms with Crippen LogP contribution >= 0.6 is 0 Å². The monoisotopic (exact) mass is 243 g/mol. The van der Waals surface area contributed by atoms with Crippen molar-refractivity contribution in [1.82, 2.24) is 9.97 Å². The van der Waals surface area contributed by atoms with E-state index in [0.29, 0.717) is 5.92 Å². The van der Waals surface area contributed by atoms with Crippen molar-refractivity contribution < 1.29 is 0 Å². The van der Waals surface area contributed by atoms with Crippen molar-refractivity contribution in [1.29, 1.82) is 0 Å². The molecule has 1 aromatic heterocycles. The lowest BCUT2D eigenvalue weighted by molar-refractivity contribution is 0.302. The lowest BCUT2D eigenvalue weighted by atomic mass is 9.84. The van der Waals surface area contributed by atoms with Gasteiger partial charge in [0, 0.05) is 0 Å². The number of para-hydroxylation sites is 1. The number of hydrogen-bond acceptors (Lipinski definition) is 2. The van der Waals surface area contributed by atoms with Crippen LogP contribution < -0.4 is 5.73 Å². The zero-order chi connectivity index (χ0) is 12.5. The molecular weight excluding hydrogens is 222 g/mol. The van der Waals surface area contributed by atoms with Gasteiger partial charge >= 0.3 is 0 Å². The van der Waals surface area contributed by atoms with E-state index in [0.717, 1.165) is 16.9 Å². The number of nitrogens with two attached hydrogens (primary N) is 1. The fraction of sp³-hybridized carbons (Fsp3) is 0.533. The van der Waals surface area contributed by atoms with Gasteiger partial charge in [0.1, 0.15) is 5.82 Å². The minimum absolute atomic E-state index is 0.0668. The molecule has 3 heteroatoms. The second kappa shape index (κ2) is 4.73. The molecule has 0 radical (unpaired) electrons. The van der Waals surface area contributed by atoms with Gasteiger partial charge in [0.15, 0.2) is 0 Å². The third kappa shape index (κ3) is 2.03. The topological polar surface area (TPSA) is 54.7 Å². The van der Waals surface area contributed by atoms with Crippen LogP contribution in [0.25, 0.3) is 11.0 Å². The molecule has 1 atom stereocenters. The van der Waals surface area contributed by atoms with Crippen molar-refractivity contribution >= 4 is 11.0 Å². The fourth-order valence-corrected chi connectivity index (χ4v) is 3.07. The van der Waals surface area contributed by atoms with Gasteiger partial charge in [-0.2, -0.15) is 0 Å². The number of nitrogens with one attached hydrogen (secondary N) is 1. The van der Waals surface area contributed by atoms with Crippen molar-refractivity contribution in [3.05, 3.63) is 29.6 Å². The minimum atomic E-state index is 0.0668. The molecule has 1 saturated carbocycles. The average Bonchev–Trinajstić information content (AvgIpc) is 2.84. The van der Waals surface area contributed by atoms with Gasteiger partial charge in [-0.15, -0.1) is 0 Å². The first-order valence-corrected chi connectivity index (χ1v) is 6.96. The van der Waals surface area contributed by atoms with Gasteiger partial charge < -0.3 is 10.7 Å². The van der Waals surface area contributed by atoms with E-state index >= 15 is 0 Å². The third-order valence-corrected chi connectivity index (χ3v) is 4.21. The highest BCUT2D eigenvalue weighted by Gasteiger charge is 2.24. The van der Waals surface area contributed by atoms with Gasteiger partial charge in [0.2, 0.25) is 0 Å². The Bertz CT molecular complexity index is 538. The molecule has 3 rings (SSSR count). The van der Waals surface area contributed by atoms with Crippen LogP contribution in [0.1, 0.15) is 49.5 Å². The summed E-state index contributed by atoms with van der Waals surface area (Å²) in [4.78, 5) is 8.10. The number of imidazole rings is 1. The Morgan fingerprint density at radius 2 is 2.06 bits per heavy atom. The van der Waals surface area contributed by atoms with Crippen molar-refractivity contribution in [2.45, 2.75) is 45.1 Å². The summed E-state index contributed by atoms with van der Waals surface area (Å²) in [5.41, 5.74) is 9.78. The first-order chi connectivity index (χ1) is 8.75. The molecule has 0 bridgehead atoms. The molecule has 1 unspecified atom stereocenters. The van der Waals surface area contributed by atoms with E-state index < -0.39 is 0 Å². The predicted molar refractivity (Wildman–Crippen MR) is 74.3 cm³/mol. The fourth-order valence-electron chi connectivity index (χ4n) is 3.07. The highest BCUT2D eigenvalue weighted by atomic mass is 15.0. The number of benzene rings is 1. The summed E-state index contributed by atoms with van der Waals surface area (Å²) < 4.78 is 0. The standard InChI is InChI=1S/C15H21N3/c1-10-6-5-9-12-14(10)18-15(17-12)13(16)11-7-3-2-4-8-11/h5-6,9,11,13H,2-4,7-8,16H2,1H3,(H,17,18). The van der Waals surface area contributed by atoms with Crippen LogP contribution in [0.4, 0.5) is 0 Å². The maximum absolute atomic E-state index is 6.39. The lowest BCUT2D eigenvalue weighted by Gasteiger charge is -2.26. The molecule has 1 aromatic carbocycles. The Morgan fingerprint density at radius 1 is 1.28 bits per heavy atom. The summed E-state index contributed by atoms with van der Waals surface area (Å²) in [6.45, 7) is 2.10. The smallest absolute Gasteiger partial charge is 0.124 e. The second-order valence-electron chi connectivity index (χ2n) is 5.52. The molecule has 3 N–H and O–H groups in total. The van der Waals surface area contributed by atoms with Gasteiger partial charge in [-0.05, 0) is 37.3 Å². The van der Waals surface area contributed by atoms with Crippen LogP contribution in [0.15, 0.2) is 18.2 Å². The van der Waals surface area contributed by atoms with Gasteiger partial charge in [0.25, 0.3) is 0 Å². The number of H-pyrrole nitrogens is 1. The maximum atomic E-state index is 6.39. The zero-order valence-corrected chi connectivity index (χ0v) is 10.9. The van der Waals surface area contributed by atoms with E-state index in [4.69, 9.17) is 10.7 Å². The van der Waals surface area contributed by atoms with Crippen LogP contribution in [0, 0.1) is 12.8 Å². The summed E-state index contributed by atoms with van der Waals surface area (Å²) in [6, 6.07) is 6.30. The van der Waals surface area contributed by atoms with Crippen LogP contribution in [-0.4, -0.2) is 9.97 Å². The normalized spacial score (nSPS) is 19.2. The Labute approximate surface area is 108 Å². The first-order valence-electron chi connectivity index (χ1n) is 6.96. The molecule has 1 aliphatic carbocycles. The Balaban J connectivity index is 1.91. The molecule has 0 amide bonds. The number of hydrogen-bond donors (Lipinski definition) is 2. The second-order valence-corrected chi connectivity index (χ2v) is 5.52. The SMILES string of the molecule is Cc1cccc2[nH]c(C(N)C3CCCCC3)nc12. The lowest BCUT2D eigenvalue weighted by Crippen LogP contribution is -2.24. The zero-order valence-electron chi connectivity index (χ0n) is 10.9. The van der Waals surface area contributed by atoms with E-state index in [1.165, 1.54) is 37.7 Å². The highest BCUT2D eigenvalue weighted by Crippen LogP contribution is 2.32. The quantitative estimate of drug-likeness (QED) is 0.848. The van der Waals surface area contributed by atoms with Crippen molar-refractivity contribution in [2.24, 2.45) is 11.7 Å². The maximum Gasteiger partial charge on any atom is 0.124 e. The molecule has 3 nitrogen and oxygen atoms in total. The minimum Gasteiger partial charge on any atom is -0.341 e. The highest BCUT2D eigenvalue weighted by molar-refractivity contribution is 5.78. The largest absolute Gasteiger partial charge is 0.341 e. The molecule has 0 saturated heterocycles. The number of aryl methyl sites for hydroxylation is 1. The Kier molecular flexibility index (Phi) is 3.08. The van der Waals surface area contributed by atoms with Crippen LogP contribution in [0.2, 0.25) is 0 Å². The first kappa shape index (κ1) is 11.7. The van der Waals surface area contributed by atoms with E-state index in [1.54, 1.807) is 0 Å². The van der Waals surface area contributed by atoms with Gasteiger partial charge in [-0.25, -0.2) is 4.98 Å². The number of rotatable bonds is 2. The predicted octanol–water partition coefficient (Wildman–Crippen LogP) is 3.45. The van der Waals surface area contributed by atoms with Crippen molar-refractivity contribution in [3.8, 4) is 0 Å². The molecule has 1 aliphatic rings. The van der Waals surface area contributed by atoms with Crippen molar-refractivity contribution in [2.75, 3.05) is 0 Å². The molecule has 96 valence electrons. The summed E-state index contributed by atoms with van der Waals surface area (Å²) >= 11 is 0. The van der Waals surface area contributed by atoms with Crippen LogP contribution in [0.3, 0.4) is 0 Å². The number of aromatic amines is 1. The van der Waals surface area contributed by atoms with Gasteiger partial charge in [-0.3, -0.25) is 0 Å². The van der Waals surface area contributed by atoms with E-state index in [9.17, 15) is 0 Å². The van der Waals surface area contributed by atoms with Crippen LogP contribution in [0.5, 0.6) is 0 Å². The molecular formula is C15H21N3. The molecule has 18 heavy (non-hydrogen) atoms. The summed E-state index contributed by atoms with van der Waals surface area (Å²) in [5, 5.41) is 0. The van der Waals surface area contributed by atoms with Gasteiger partial charge in [0.05, 0.1) is 17.1 Å². The van der Waals surface area contributed by atoms with E-state index in [2.05, 4.69) is 30.1 Å². The number of nitrogens with zero attached hydrogens (tertiary/aromatic N) is 1. The van der Waals surface area contributed by atoms with E-state index in [-0.39, 0.29) is 6.04 Å². The summed E-state index contributed by atoms with van der Waals surface area (Å²) in [6.07, 6.45) is 6.49. The third-order valence-electron chi connectivity index (χ3n) is 4.21. The molecule has 1 fully saturated rings. The average molecular weight is 243 g/mol. The molecule has 1 heterocycles. The number of fused-ring (bicyclic) bond motifs is 1. The Hall–Kier alpha value is -1.35. The summed E-state index contributed by atoms with van der Waals surface area (Å²) in [7, 11) is 0. The molecule has 0 aliphatic heterocycles. The van der Waals surface area contributed by atoms with Crippen molar-refractivity contribution in [3.63, 3.8) is 0 Å². The Morgan fingerprint density at radius 3 is 2.78 bits per heavy atom. The summed E-state index contributed by atoms with van der Waals surface area (Å²) in [5.74, 6) is 1.56. The van der Waals surface area contributed by atoms with Crippen LogP contribution in [-0.2, 0) is 0 Å².